The standard InChI is InChI=1S/C12H13NO4/c14-10-3-1-8(2-4-10)6-13-7-9(12(16)17)5-11(13)15/h1-4,9,14H,5-7H2,(H,16,17)/t9-/m0/s1. The number of hydrogen-bond acceptors (Lipinski definition) is 3. The quantitative estimate of drug-likeness (QED) is 0.813. The van der Waals surface area contributed by atoms with Gasteiger partial charge in [0.05, 0.1) is 5.92 Å². The monoisotopic (exact) mass is 235 g/mol. The molecule has 0 aliphatic carbocycles. The number of carboxylic acids is 1. The molecule has 1 aliphatic rings. The number of nitrogens with zero attached hydrogens (tertiary/aromatic N) is 1. The molecule has 1 heterocycles. The Morgan fingerprint density at radius 1 is 1.35 bits per heavy atom. The van der Waals surface area contributed by atoms with E-state index in [0.29, 0.717) is 6.54 Å². The van der Waals surface area contributed by atoms with Gasteiger partial charge in [0.25, 0.3) is 0 Å². The predicted molar refractivity (Wildman–Crippen MR) is 59.3 cm³/mol. The van der Waals surface area contributed by atoms with Crippen molar-refractivity contribution in [2.75, 3.05) is 6.54 Å². The zero-order valence-corrected chi connectivity index (χ0v) is 9.17. The van der Waals surface area contributed by atoms with Crippen molar-refractivity contribution < 1.29 is 19.8 Å². The second kappa shape index (κ2) is 4.45. The summed E-state index contributed by atoms with van der Waals surface area (Å²) in [5, 5.41) is 18.0. The van der Waals surface area contributed by atoms with Crippen molar-refractivity contribution in [1.82, 2.24) is 4.90 Å². The molecule has 0 bridgehead atoms. The number of carbonyl (C=O) groups is 2. The van der Waals surface area contributed by atoms with E-state index in [0.717, 1.165) is 5.56 Å². The maximum atomic E-state index is 11.6. The van der Waals surface area contributed by atoms with E-state index in [4.69, 9.17) is 10.2 Å². The average Bonchev–Trinajstić information content (AvgIpc) is 2.64. The lowest BCUT2D eigenvalue weighted by molar-refractivity contribution is -0.141. The lowest BCUT2D eigenvalue weighted by atomic mass is 10.1. The SMILES string of the molecule is O=C(O)[C@H]1CC(=O)N(Cc2ccc(O)cc2)C1. The van der Waals surface area contributed by atoms with Gasteiger partial charge in [-0.3, -0.25) is 9.59 Å². The molecule has 0 aromatic heterocycles. The first kappa shape index (κ1) is 11.4. The van der Waals surface area contributed by atoms with E-state index in [9.17, 15) is 9.59 Å². The fourth-order valence-electron chi connectivity index (χ4n) is 1.91. The van der Waals surface area contributed by atoms with Crippen molar-refractivity contribution >= 4 is 11.9 Å². The average molecular weight is 235 g/mol. The summed E-state index contributed by atoms with van der Waals surface area (Å²) in [4.78, 5) is 23.9. The van der Waals surface area contributed by atoms with Crippen LogP contribution in [0.2, 0.25) is 0 Å². The van der Waals surface area contributed by atoms with Gasteiger partial charge in [-0.25, -0.2) is 0 Å². The lowest BCUT2D eigenvalue weighted by Gasteiger charge is -2.15. The fourth-order valence-corrected chi connectivity index (χ4v) is 1.91. The number of hydrogen-bond donors (Lipinski definition) is 2. The number of carbonyl (C=O) groups excluding carboxylic acids is 1. The second-order valence-corrected chi connectivity index (χ2v) is 4.18. The first-order chi connectivity index (χ1) is 8.06. The zero-order chi connectivity index (χ0) is 12.4. The number of phenolic OH excluding ortho intramolecular Hbond substituents is 1. The first-order valence-electron chi connectivity index (χ1n) is 5.35. The number of aliphatic carboxylic acids is 1. The van der Waals surface area contributed by atoms with Crippen LogP contribution >= 0.6 is 0 Å². The van der Waals surface area contributed by atoms with Crippen LogP contribution in [0.3, 0.4) is 0 Å². The van der Waals surface area contributed by atoms with Crippen molar-refractivity contribution in [3.05, 3.63) is 29.8 Å². The summed E-state index contributed by atoms with van der Waals surface area (Å²) < 4.78 is 0. The number of aromatic hydroxyl groups is 1. The van der Waals surface area contributed by atoms with E-state index in [1.165, 1.54) is 4.90 Å². The largest absolute Gasteiger partial charge is 0.508 e. The van der Waals surface area contributed by atoms with Crippen LogP contribution in [0.1, 0.15) is 12.0 Å². The summed E-state index contributed by atoms with van der Waals surface area (Å²) >= 11 is 0. The van der Waals surface area contributed by atoms with Crippen LogP contribution in [-0.4, -0.2) is 33.5 Å². The minimum absolute atomic E-state index is 0.0768. The van der Waals surface area contributed by atoms with Crippen molar-refractivity contribution in [2.45, 2.75) is 13.0 Å². The number of amides is 1. The number of carboxylic acid groups (broad SMARTS) is 1. The number of benzene rings is 1. The third kappa shape index (κ3) is 2.55. The van der Waals surface area contributed by atoms with Crippen molar-refractivity contribution in [3.8, 4) is 5.75 Å². The van der Waals surface area contributed by atoms with Gasteiger partial charge in [0, 0.05) is 19.5 Å². The smallest absolute Gasteiger partial charge is 0.308 e. The molecule has 17 heavy (non-hydrogen) atoms. The summed E-state index contributed by atoms with van der Waals surface area (Å²) in [5.41, 5.74) is 0.877. The van der Waals surface area contributed by atoms with E-state index < -0.39 is 11.9 Å². The molecule has 1 atom stereocenters. The maximum absolute atomic E-state index is 11.6. The number of phenols is 1. The molecule has 90 valence electrons. The highest BCUT2D eigenvalue weighted by Gasteiger charge is 2.33. The Labute approximate surface area is 98.3 Å². The summed E-state index contributed by atoms with van der Waals surface area (Å²) in [6.07, 6.45) is 0.0768. The highest BCUT2D eigenvalue weighted by atomic mass is 16.4. The Morgan fingerprint density at radius 2 is 2.00 bits per heavy atom. The second-order valence-electron chi connectivity index (χ2n) is 4.18. The van der Waals surface area contributed by atoms with E-state index in [1.54, 1.807) is 24.3 Å². The first-order valence-corrected chi connectivity index (χ1v) is 5.35. The zero-order valence-electron chi connectivity index (χ0n) is 9.17. The van der Waals surface area contributed by atoms with Crippen LogP contribution in [0, 0.1) is 5.92 Å². The molecule has 5 nitrogen and oxygen atoms in total. The van der Waals surface area contributed by atoms with Crippen LogP contribution in [-0.2, 0) is 16.1 Å². The molecular weight excluding hydrogens is 222 g/mol. The van der Waals surface area contributed by atoms with Gasteiger partial charge < -0.3 is 15.1 Å². The Kier molecular flexibility index (Phi) is 2.99. The Balaban J connectivity index is 2.02. The Hall–Kier alpha value is -2.04. The molecule has 1 amide bonds. The molecule has 1 aliphatic heterocycles. The molecule has 0 unspecified atom stereocenters. The Morgan fingerprint density at radius 3 is 2.53 bits per heavy atom. The number of likely N-dealkylation sites (tertiary alicyclic amines) is 1. The van der Waals surface area contributed by atoms with Crippen LogP contribution in [0.25, 0.3) is 0 Å². The molecule has 2 N–H and O–H groups in total. The van der Waals surface area contributed by atoms with E-state index in [2.05, 4.69) is 0 Å². The van der Waals surface area contributed by atoms with E-state index in [-0.39, 0.29) is 24.6 Å². The topological polar surface area (TPSA) is 77.8 Å². The molecule has 0 saturated carbocycles. The van der Waals surface area contributed by atoms with Gasteiger partial charge in [-0.05, 0) is 17.7 Å². The molecule has 1 aromatic rings. The summed E-state index contributed by atoms with van der Waals surface area (Å²) in [7, 11) is 0. The van der Waals surface area contributed by atoms with Crippen LogP contribution in [0.5, 0.6) is 5.75 Å². The van der Waals surface area contributed by atoms with Gasteiger partial charge in [0.15, 0.2) is 0 Å². The van der Waals surface area contributed by atoms with Crippen molar-refractivity contribution in [2.24, 2.45) is 5.92 Å². The van der Waals surface area contributed by atoms with Crippen molar-refractivity contribution in [3.63, 3.8) is 0 Å². The van der Waals surface area contributed by atoms with Gasteiger partial charge in [-0.1, -0.05) is 12.1 Å². The maximum Gasteiger partial charge on any atom is 0.308 e. The number of rotatable bonds is 3. The predicted octanol–water partition coefficient (Wildman–Crippen LogP) is 0.825. The van der Waals surface area contributed by atoms with E-state index in [1.807, 2.05) is 0 Å². The van der Waals surface area contributed by atoms with Crippen molar-refractivity contribution in [1.29, 1.82) is 0 Å². The van der Waals surface area contributed by atoms with Gasteiger partial charge in [0.1, 0.15) is 5.75 Å². The molecule has 0 spiro atoms. The van der Waals surface area contributed by atoms with Crippen LogP contribution < -0.4 is 0 Å². The third-order valence-electron chi connectivity index (χ3n) is 2.87. The molecule has 1 aromatic carbocycles. The molecule has 2 rings (SSSR count). The summed E-state index contributed by atoms with van der Waals surface area (Å²) in [6.45, 7) is 0.651. The summed E-state index contributed by atoms with van der Waals surface area (Å²) in [5.74, 6) is -1.48. The summed E-state index contributed by atoms with van der Waals surface area (Å²) in [6, 6.07) is 6.53. The molecule has 5 heteroatoms. The minimum Gasteiger partial charge on any atom is -0.508 e. The fraction of sp³-hybridized carbons (Fsp3) is 0.333. The van der Waals surface area contributed by atoms with E-state index >= 15 is 0 Å². The minimum atomic E-state index is -0.924. The highest BCUT2D eigenvalue weighted by Crippen LogP contribution is 2.21. The van der Waals surface area contributed by atoms with Gasteiger partial charge in [-0.2, -0.15) is 0 Å². The van der Waals surface area contributed by atoms with Gasteiger partial charge in [-0.15, -0.1) is 0 Å². The molecule has 0 radical (unpaired) electrons. The molecular formula is C12H13NO4. The van der Waals surface area contributed by atoms with Gasteiger partial charge in [0.2, 0.25) is 5.91 Å². The Bertz CT molecular complexity index is 440. The van der Waals surface area contributed by atoms with Gasteiger partial charge >= 0.3 is 5.97 Å². The lowest BCUT2D eigenvalue weighted by Crippen LogP contribution is -2.25. The molecule has 1 saturated heterocycles. The van der Waals surface area contributed by atoms with Crippen LogP contribution in [0.4, 0.5) is 0 Å². The highest BCUT2D eigenvalue weighted by molar-refractivity contribution is 5.86. The van der Waals surface area contributed by atoms with Crippen LogP contribution in [0.15, 0.2) is 24.3 Å². The third-order valence-corrected chi connectivity index (χ3v) is 2.87. The molecule has 1 fully saturated rings. The normalized spacial score (nSPS) is 19.6.